The Kier molecular flexibility index (Phi) is 15.1. The maximum absolute atomic E-state index is 14.1. The number of fused-ring (bicyclic) bond motifs is 3. The summed E-state index contributed by atoms with van der Waals surface area (Å²) in [7, 11) is 3.35. The molecule has 1 saturated carbocycles. The fourth-order valence-corrected chi connectivity index (χ4v) is 8.71. The lowest BCUT2D eigenvalue weighted by Gasteiger charge is -2.45. The van der Waals surface area contributed by atoms with Gasteiger partial charge < -0.3 is 34.1 Å². The molecule has 3 aliphatic heterocycles. The molecule has 3 fully saturated rings. The Hall–Kier alpha value is -2.11. The summed E-state index contributed by atoms with van der Waals surface area (Å²) in [6.07, 6.45) is 12.7. The van der Waals surface area contributed by atoms with Gasteiger partial charge in [0.15, 0.2) is 0 Å². The Bertz CT molecular complexity index is 1220. The average Bonchev–Trinajstić information content (AvgIpc) is 3.11. The Labute approximate surface area is 300 Å². The summed E-state index contributed by atoms with van der Waals surface area (Å²) < 4.78 is 23.9. The average molecular weight is 704 g/mol. The number of Topliss-reactive ketones (excluding diaryl/α,β-unsaturated/α-hetero) is 1. The molecule has 8 unspecified atom stereocenters. The van der Waals surface area contributed by atoms with Gasteiger partial charge in [0.1, 0.15) is 12.1 Å². The van der Waals surface area contributed by atoms with Gasteiger partial charge >= 0.3 is 5.97 Å². The van der Waals surface area contributed by atoms with Crippen LogP contribution in [0.1, 0.15) is 125 Å². The number of rotatable bonds is 4. The van der Waals surface area contributed by atoms with Crippen molar-refractivity contribution in [3.05, 3.63) is 23.3 Å². The number of cyclic esters (lactones) is 1. The molecule has 1 aliphatic carbocycles. The predicted octanol–water partition coefficient (Wildman–Crippen LogP) is 6.06. The van der Waals surface area contributed by atoms with E-state index in [4.69, 9.17) is 18.9 Å². The van der Waals surface area contributed by atoms with Crippen molar-refractivity contribution in [3.63, 3.8) is 0 Å². The first-order valence-corrected chi connectivity index (χ1v) is 19.3. The number of piperidine rings is 1. The van der Waals surface area contributed by atoms with Crippen molar-refractivity contribution >= 4 is 17.7 Å². The number of hydrogen-bond donors (Lipinski definition) is 2. The summed E-state index contributed by atoms with van der Waals surface area (Å²) in [6.45, 7) is 10.1. The minimum Gasteiger partial charge on any atom is -0.456 e. The number of methoxy groups -OCH3 is 2. The molecule has 4 aliphatic rings. The van der Waals surface area contributed by atoms with Crippen molar-refractivity contribution in [3.8, 4) is 0 Å². The van der Waals surface area contributed by atoms with Gasteiger partial charge in [0, 0.05) is 32.6 Å². The van der Waals surface area contributed by atoms with Crippen LogP contribution < -0.4 is 0 Å². The minimum atomic E-state index is -2.33. The molecule has 0 aromatic carbocycles. The largest absolute Gasteiger partial charge is 0.456 e. The first-order valence-electron chi connectivity index (χ1n) is 19.3. The molecule has 3 heterocycles. The van der Waals surface area contributed by atoms with Gasteiger partial charge in [-0.3, -0.25) is 9.59 Å². The van der Waals surface area contributed by atoms with Crippen molar-refractivity contribution in [1.29, 1.82) is 0 Å². The lowest BCUT2D eigenvalue weighted by atomic mass is 9.83. The third-order valence-electron chi connectivity index (χ3n) is 11.9. The minimum absolute atomic E-state index is 0.187. The highest BCUT2D eigenvalue weighted by Crippen LogP contribution is 2.38. The second-order valence-corrected chi connectivity index (χ2v) is 15.9. The summed E-state index contributed by atoms with van der Waals surface area (Å²) in [5.41, 5.74) is 2.14. The zero-order valence-electron chi connectivity index (χ0n) is 31.7. The van der Waals surface area contributed by atoms with Crippen molar-refractivity contribution in [2.75, 3.05) is 20.8 Å². The fraction of sp³-hybridized carbons (Fsp3) is 0.825. The third-order valence-corrected chi connectivity index (χ3v) is 11.9. The Morgan fingerprint density at radius 1 is 0.960 bits per heavy atom. The number of aliphatic hydroxyl groups is 2. The van der Waals surface area contributed by atoms with Crippen LogP contribution in [0.5, 0.6) is 0 Å². The summed E-state index contributed by atoms with van der Waals surface area (Å²) >= 11 is 0. The van der Waals surface area contributed by atoms with Crippen LogP contribution in [0.4, 0.5) is 0 Å². The van der Waals surface area contributed by atoms with Gasteiger partial charge in [0.05, 0.1) is 24.4 Å². The Balaban J connectivity index is 1.66. The standard InChI is InChI=1S/C40H65NO9/c1-25-13-8-9-17-33(42)29(5)36(27(3)22-30-14-12-15-31(24-30)47-6)49-39(45)32-16-10-11-20-41(32)38(44)37(43)40(46)28(4)23-35(48-7)34(50-40)19-18-26(2)21-25/h13,22,26,28-36,42,46H,8-12,14-21,23-24H2,1-7H3/b25-13+,27-22+/t26?,28?,29-,30?,31?,32?,33?,34?,35+,36?,40-/m1/s1. The molecule has 0 spiro atoms. The van der Waals surface area contributed by atoms with Crippen LogP contribution in [0.25, 0.3) is 0 Å². The lowest BCUT2D eigenvalue weighted by molar-refractivity contribution is -0.287. The van der Waals surface area contributed by atoms with Gasteiger partial charge in [-0.25, -0.2) is 4.79 Å². The lowest BCUT2D eigenvalue weighted by Crippen LogP contribution is -2.62. The predicted molar refractivity (Wildman–Crippen MR) is 191 cm³/mol. The number of allylic oxidation sites excluding steroid dienone is 3. The number of hydrogen-bond acceptors (Lipinski definition) is 9. The zero-order chi connectivity index (χ0) is 36.6. The molecule has 2 bridgehead atoms. The molecule has 4 rings (SSSR count). The molecular formula is C40H65NO9. The molecule has 2 N–H and O–H groups in total. The highest BCUT2D eigenvalue weighted by atomic mass is 16.7. The molecule has 2 saturated heterocycles. The van der Waals surface area contributed by atoms with E-state index in [1.54, 1.807) is 21.1 Å². The first-order chi connectivity index (χ1) is 23.8. The van der Waals surface area contributed by atoms with Gasteiger partial charge in [0.2, 0.25) is 5.79 Å². The second kappa shape index (κ2) is 18.6. The summed E-state index contributed by atoms with van der Waals surface area (Å²) in [4.78, 5) is 43.4. The van der Waals surface area contributed by atoms with Gasteiger partial charge in [-0.1, -0.05) is 44.9 Å². The molecule has 10 heteroatoms. The van der Waals surface area contributed by atoms with Crippen LogP contribution in [0.2, 0.25) is 0 Å². The molecule has 50 heavy (non-hydrogen) atoms. The van der Waals surface area contributed by atoms with E-state index in [1.807, 2.05) is 13.8 Å². The highest BCUT2D eigenvalue weighted by molar-refractivity contribution is 6.39. The smallest absolute Gasteiger partial charge is 0.329 e. The molecule has 0 radical (unpaired) electrons. The van der Waals surface area contributed by atoms with Crippen LogP contribution in [-0.2, 0) is 33.3 Å². The topological polar surface area (TPSA) is 132 Å². The van der Waals surface area contributed by atoms with Gasteiger partial charge in [-0.05, 0) is 115 Å². The van der Waals surface area contributed by atoms with E-state index in [-0.39, 0.29) is 24.7 Å². The van der Waals surface area contributed by atoms with Crippen LogP contribution >= 0.6 is 0 Å². The van der Waals surface area contributed by atoms with E-state index in [0.29, 0.717) is 44.4 Å². The van der Waals surface area contributed by atoms with Crippen LogP contribution in [0.3, 0.4) is 0 Å². The number of nitrogens with zero attached hydrogens (tertiary/aromatic N) is 1. The van der Waals surface area contributed by atoms with Crippen molar-refractivity contribution < 1.29 is 43.5 Å². The first kappa shape index (κ1) is 40.7. The number of ether oxygens (including phenoxy) is 4. The molecule has 10 nitrogen and oxygen atoms in total. The van der Waals surface area contributed by atoms with Gasteiger partial charge in [-0.2, -0.15) is 0 Å². The third kappa shape index (κ3) is 10.1. The van der Waals surface area contributed by atoms with E-state index >= 15 is 0 Å². The van der Waals surface area contributed by atoms with E-state index in [2.05, 4.69) is 26.0 Å². The van der Waals surface area contributed by atoms with Crippen LogP contribution in [-0.4, -0.2) is 95.9 Å². The highest BCUT2D eigenvalue weighted by Gasteiger charge is 2.55. The number of carbonyl (C=O) groups is 3. The number of amides is 1. The summed E-state index contributed by atoms with van der Waals surface area (Å²) in [6, 6.07) is -0.986. The van der Waals surface area contributed by atoms with E-state index in [0.717, 1.165) is 56.9 Å². The van der Waals surface area contributed by atoms with Crippen LogP contribution in [0.15, 0.2) is 23.3 Å². The van der Waals surface area contributed by atoms with Crippen molar-refractivity contribution in [1.82, 2.24) is 4.90 Å². The normalized spacial score (nSPS) is 40.6. The van der Waals surface area contributed by atoms with Gasteiger partial charge in [0.25, 0.3) is 11.7 Å². The number of ketones is 1. The summed E-state index contributed by atoms with van der Waals surface area (Å²) in [5, 5.41) is 23.2. The zero-order valence-corrected chi connectivity index (χ0v) is 31.7. The number of aliphatic hydroxyl groups excluding tert-OH is 1. The molecule has 1 amide bonds. The maximum Gasteiger partial charge on any atom is 0.329 e. The Morgan fingerprint density at radius 3 is 2.44 bits per heavy atom. The van der Waals surface area contributed by atoms with E-state index in [9.17, 15) is 24.6 Å². The fourth-order valence-electron chi connectivity index (χ4n) is 8.71. The molecule has 0 aromatic heterocycles. The van der Waals surface area contributed by atoms with Crippen molar-refractivity contribution in [2.45, 2.75) is 167 Å². The number of esters is 1. The number of carbonyl (C=O) groups excluding carboxylic acids is 3. The molecule has 284 valence electrons. The summed E-state index contributed by atoms with van der Waals surface area (Å²) in [5.74, 6) is -5.41. The Morgan fingerprint density at radius 2 is 1.72 bits per heavy atom. The molecular weight excluding hydrogens is 638 g/mol. The van der Waals surface area contributed by atoms with Gasteiger partial charge in [-0.15, -0.1) is 0 Å². The molecule has 11 atom stereocenters. The SMILES string of the molecule is COC1CCCC(/C=C(\C)C2OC(=O)C3CCCCN3C(=O)C(=O)[C@]3(O)OC(CCC(C)C/C(C)=C/CCCC(O)[C@H]2C)[C@@H](OC)CC3C)C1. The van der Waals surface area contributed by atoms with E-state index < -0.39 is 59.6 Å². The van der Waals surface area contributed by atoms with Crippen LogP contribution in [0, 0.1) is 23.7 Å². The monoisotopic (exact) mass is 703 g/mol. The maximum atomic E-state index is 14.1. The van der Waals surface area contributed by atoms with Crippen molar-refractivity contribution in [2.24, 2.45) is 23.7 Å². The quantitative estimate of drug-likeness (QED) is 0.204. The second-order valence-electron chi connectivity index (χ2n) is 15.9. The molecule has 0 aromatic rings. The van der Waals surface area contributed by atoms with E-state index in [1.165, 1.54) is 10.5 Å².